The summed E-state index contributed by atoms with van der Waals surface area (Å²) in [4.78, 5) is 36.5. The summed E-state index contributed by atoms with van der Waals surface area (Å²) < 4.78 is 83.5. The molecule has 1 N–H and O–H groups in total. The Balaban J connectivity index is 1.14. The molecule has 2 aromatic heterocycles. The maximum atomic E-state index is 15.1. The number of alkyl halides is 3. The summed E-state index contributed by atoms with van der Waals surface area (Å²) in [7, 11) is -4.12. The molecular formula is C40H45F3N6O7S. The number of hydrogen-bond donors (Lipinski definition) is 1. The highest BCUT2D eigenvalue weighted by molar-refractivity contribution is 7.90. The largest absolute Gasteiger partial charge is 0.480 e. The van der Waals surface area contributed by atoms with E-state index in [0.29, 0.717) is 18.5 Å². The van der Waals surface area contributed by atoms with E-state index in [-0.39, 0.29) is 55.6 Å². The zero-order valence-corrected chi connectivity index (χ0v) is 32.5. The zero-order valence-electron chi connectivity index (χ0n) is 31.7. The Morgan fingerprint density at radius 3 is 2.35 bits per heavy atom. The van der Waals surface area contributed by atoms with Crippen LogP contribution in [0, 0.1) is 12.3 Å². The van der Waals surface area contributed by atoms with Crippen molar-refractivity contribution in [3.05, 3.63) is 89.2 Å². The number of aliphatic carboxylic acids is 1. The molecule has 13 nitrogen and oxygen atoms in total. The molecule has 2 saturated heterocycles. The van der Waals surface area contributed by atoms with Crippen molar-refractivity contribution in [3.63, 3.8) is 0 Å². The smallest absolute Gasteiger partial charge is 0.429 e. The first-order valence-corrected chi connectivity index (χ1v) is 20.9. The Hall–Kier alpha value is -5.19. The molecule has 17 heteroatoms. The molecule has 1 amide bonds. The van der Waals surface area contributed by atoms with Gasteiger partial charge in [-0.15, -0.1) is 0 Å². The van der Waals surface area contributed by atoms with Crippen LogP contribution in [0.2, 0.25) is 0 Å². The highest BCUT2D eigenvalue weighted by atomic mass is 32.2. The fourth-order valence-electron chi connectivity index (χ4n) is 8.27. The van der Waals surface area contributed by atoms with E-state index in [2.05, 4.69) is 15.1 Å². The molecule has 3 fully saturated rings. The number of likely N-dealkylation sites (tertiary alicyclic amines) is 1. The molecule has 1 saturated carbocycles. The number of amides is 1. The molecule has 2 atom stereocenters. The number of sulfone groups is 1. The molecule has 4 aromatic rings. The lowest BCUT2D eigenvalue weighted by molar-refractivity contribution is -0.198. The molecule has 3 aliphatic rings. The van der Waals surface area contributed by atoms with Crippen LogP contribution in [-0.4, -0.2) is 88.3 Å². The van der Waals surface area contributed by atoms with Gasteiger partial charge in [0, 0.05) is 43.7 Å². The number of benzene rings is 2. The minimum atomic E-state index is -4.95. The number of carbonyl (C=O) groups is 2. The first-order valence-electron chi connectivity index (χ1n) is 19.0. The molecule has 7 rings (SSSR count). The molecule has 1 aliphatic carbocycles. The first kappa shape index (κ1) is 40.0. The van der Waals surface area contributed by atoms with E-state index >= 15 is 13.2 Å². The number of halogens is 3. The van der Waals surface area contributed by atoms with Crippen LogP contribution in [0.25, 0.3) is 5.69 Å². The van der Waals surface area contributed by atoms with Gasteiger partial charge in [-0.25, -0.2) is 27.7 Å². The van der Waals surface area contributed by atoms with Crippen molar-refractivity contribution in [2.75, 3.05) is 30.8 Å². The van der Waals surface area contributed by atoms with Crippen LogP contribution in [0.3, 0.4) is 0 Å². The van der Waals surface area contributed by atoms with Gasteiger partial charge in [0.1, 0.15) is 18.5 Å². The number of nitrogens with zero attached hydrogens (tertiary/aromatic N) is 6. The summed E-state index contributed by atoms with van der Waals surface area (Å²) in [5.41, 5.74) is 1.67. The predicted octanol–water partition coefficient (Wildman–Crippen LogP) is 7.19. The van der Waals surface area contributed by atoms with Gasteiger partial charge in [-0.3, -0.25) is 4.90 Å². The van der Waals surface area contributed by atoms with Crippen molar-refractivity contribution in [1.82, 2.24) is 24.6 Å². The van der Waals surface area contributed by atoms with Gasteiger partial charge in [-0.05, 0) is 73.6 Å². The number of carboxylic acids is 1. The summed E-state index contributed by atoms with van der Waals surface area (Å²) >= 11 is 0. The Morgan fingerprint density at radius 1 is 1.00 bits per heavy atom. The maximum absolute atomic E-state index is 15.1. The first-order chi connectivity index (χ1) is 27.1. The zero-order chi connectivity index (χ0) is 40.5. The van der Waals surface area contributed by atoms with Gasteiger partial charge < -0.3 is 19.5 Å². The van der Waals surface area contributed by atoms with E-state index in [1.54, 1.807) is 60.5 Å². The van der Waals surface area contributed by atoms with Crippen LogP contribution >= 0.6 is 0 Å². The van der Waals surface area contributed by atoms with Gasteiger partial charge in [0.2, 0.25) is 21.8 Å². The fraction of sp³-hybridized carbons (Fsp3) is 0.475. The molecule has 57 heavy (non-hydrogen) atoms. The molecule has 1 unspecified atom stereocenters. The average Bonchev–Trinajstić information content (AvgIpc) is 3.80. The summed E-state index contributed by atoms with van der Waals surface area (Å²) in [5.74, 6) is -1.50. The van der Waals surface area contributed by atoms with E-state index in [1.807, 2.05) is 6.07 Å². The van der Waals surface area contributed by atoms with Crippen molar-refractivity contribution in [2.45, 2.75) is 94.3 Å². The number of ether oxygens (including phenoxy) is 2. The van der Waals surface area contributed by atoms with Gasteiger partial charge in [0.05, 0.1) is 11.4 Å². The number of rotatable bonds is 10. The van der Waals surface area contributed by atoms with Crippen LogP contribution < -0.4 is 9.64 Å². The third kappa shape index (κ3) is 9.03. The minimum absolute atomic E-state index is 0.0186. The maximum Gasteiger partial charge on any atom is 0.429 e. The quantitative estimate of drug-likeness (QED) is 0.162. The molecule has 304 valence electrons. The second kappa shape index (κ2) is 16.0. The van der Waals surface area contributed by atoms with Crippen LogP contribution in [0.15, 0.2) is 72.0 Å². The van der Waals surface area contributed by atoms with Crippen molar-refractivity contribution in [2.24, 2.45) is 5.41 Å². The Kier molecular flexibility index (Phi) is 11.2. The van der Waals surface area contributed by atoms with E-state index in [0.717, 1.165) is 49.5 Å². The van der Waals surface area contributed by atoms with Crippen LogP contribution in [0.5, 0.6) is 5.88 Å². The van der Waals surface area contributed by atoms with Crippen LogP contribution in [-0.2, 0) is 26.0 Å². The molecule has 2 aliphatic heterocycles. The Morgan fingerprint density at radius 2 is 1.72 bits per heavy atom. The van der Waals surface area contributed by atoms with Gasteiger partial charge in [0.25, 0.3) is 5.16 Å². The number of aryl methyl sites for hydroxylation is 1. The molecule has 0 bridgehead atoms. The van der Waals surface area contributed by atoms with Crippen molar-refractivity contribution >= 4 is 27.7 Å². The number of anilines is 1. The summed E-state index contributed by atoms with van der Waals surface area (Å²) in [6, 6.07) is 15.6. The van der Waals surface area contributed by atoms with Crippen LogP contribution in [0.1, 0.15) is 85.8 Å². The topological polar surface area (TPSA) is 157 Å². The van der Waals surface area contributed by atoms with Crippen molar-refractivity contribution < 1.29 is 45.8 Å². The number of carboxylic acid groups (broad SMARTS) is 1. The Labute approximate surface area is 328 Å². The number of piperidine rings is 1. The fourth-order valence-corrected chi connectivity index (χ4v) is 8.79. The number of aromatic nitrogens is 4. The molecule has 0 radical (unpaired) electrons. The lowest BCUT2D eigenvalue weighted by Gasteiger charge is -2.39. The van der Waals surface area contributed by atoms with E-state index in [9.17, 15) is 23.1 Å². The van der Waals surface area contributed by atoms with Gasteiger partial charge >= 0.3 is 18.2 Å². The van der Waals surface area contributed by atoms with Gasteiger partial charge in [-0.1, -0.05) is 61.7 Å². The van der Waals surface area contributed by atoms with Crippen LogP contribution in [0.4, 0.5) is 23.8 Å². The third-order valence-corrected chi connectivity index (χ3v) is 12.1. The van der Waals surface area contributed by atoms with Crippen molar-refractivity contribution in [1.29, 1.82) is 0 Å². The predicted molar refractivity (Wildman–Crippen MR) is 202 cm³/mol. The third-order valence-electron chi connectivity index (χ3n) is 11.3. The van der Waals surface area contributed by atoms with Gasteiger partial charge in [0.15, 0.2) is 0 Å². The van der Waals surface area contributed by atoms with Crippen molar-refractivity contribution in [3.8, 4) is 11.6 Å². The van der Waals surface area contributed by atoms with E-state index in [1.165, 1.54) is 21.7 Å². The minimum Gasteiger partial charge on any atom is -0.480 e. The normalized spacial score (nSPS) is 19.4. The second-order valence-corrected chi connectivity index (χ2v) is 17.3. The highest BCUT2D eigenvalue weighted by Gasteiger charge is 2.51. The SMILES string of the molecule is Cc1ccn(-c2cc(C3CCCCC3)ccc2[C@@H](Oc2cc(N3CCC4(CC3)CC(C(=O)O)N(C(=O)OCc3ccccc3)C4)nc(S(C)(=O)=O)n2)C(F)(F)F)n1. The second-order valence-electron chi connectivity index (χ2n) is 15.4. The lowest BCUT2D eigenvalue weighted by atomic mass is 9.76. The lowest BCUT2D eigenvalue weighted by Crippen LogP contribution is -2.43. The molecule has 4 heterocycles. The highest BCUT2D eigenvalue weighted by Crippen LogP contribution is 2.46. The van der Waals surface area contributed by atoms with E-state index in [4.69, 9.17) is 9.47 Å². The monoisotopic (exact) mass is 810 g/mol. The standard InChI is InChI=1S/C40H45F3N6O7S/c1-26-15-18-49(46-26)31-21-29(28-11-7-4-8-12-28)13-14-30(31)35(40(41,42)43)56-34-22-33(44-37(45-34)57(2,53)54)47-19-16-39(17-20-47)23-32(36(50)51)48(25-39)38(52)55-24-27-9-5-3-6-10-27/h3,5-6,9-10,13-15,18,21-22,28,32,35H,4,7-8,11-12,16-17,19-20,23-25H2,1-2H3,(H,50,51)/t32?,35-/m1/s1. The summed E-state index contributed by atoms with van der Waals surface area (Å²) in [6.07, 6.45) is 0.241. The molecular weight excluding hydrogens is 766 g/mol. The number of hydrogen-bond acceptors (Lipinski definition) is 10. The Bertz CT molecular complexity index is 2200. The molecule has 2 aromatic carbocycles. The summed E-state index contributed by atoms with van der Waals surface area (Å²) in [5, 5.41) is 13.8. The number of carbonyl (C=O) groups excluding carboxylic acids is 1. The van der Waals surface area contributed by atoms with E-state index < -0.39 is 56.7 Å². The average molecular weight is 811 g/mol. The molecule has 1 spiro atoms. The van der Waals surface area contributed by atoms with Gasteiger partial charge in [-0.2, -0.15) is 23.3 Å². The summed E-state index contributed by atoms with van der Waals surface area (Å²) in [6.45, 7) is 2.34.